The Morgan fingerprint density at radius 3 is 2.14 bits per heavy atom. The molecule has 0 aromatic heterocycles. The second kappa shape index (κ2) is 3.28. The van der Waals surface area contributed by atoms with Crippen molar-refractivity contribution in [2.24, 2.45) is 0 Å². The Morgan fingerprint density at radius 2 is 1.71 bits per heavy atom. The maximum absolute atomic E-state index is 13.5. The maximum Gasteiger partial charge on any atom is 0.139 e. The quantitative estimate of drug-likeness (QED) is 0.769. The molecule has 0 atom stereocenters. The first-order valence-corrected chi connectivity index (χ1v) is 4.42. The molecule has 1 aliphatic heterocycles. The standard InChI is InChI=1S/C10H10F3N/c11-8-1-7(2-9(12)3-8)4-10(13)5-14-6-10/h1-3,14H,4-6H2. The molecule has 1 N–H and O–H groups in total. The van der Waals surface area contributed by atoms with Gasteiger partial charge in [-0.3, -0.25) is 0 Å². The monoisotopic (exact) mass is 201 g/mol. The van der Waals surface area contributed by atoms with E-state index in [1.54, 1.807) is 0 Å². The molecule has 4 heteroatoms. The van der Waals surface area contributed by atoms with E-state index in [4.69, 9.17) is 0 Å². The van der Waals surface area contributed by atoms with Crippen LogP contribution in [-0.2, 0) is 6.42 Å². The topological polar surface area (TPSA) is 12.0 Å². The summed E-state index contributed by atoms with van der Waals surface area (Å²) in [6.07, 6.45) is 0.0642. The molecule has 2 rings (SSSR count). The number of benzene rings is 1. The molecule has 0 amide bonds. The summed E-state index contributed by atoms with van der Waals surface area (Å²) in [7, 11) is 0. The number of hydrogen-bond acceptors (Lipinski definition) is 1. The van der Waals surface area contributed by atoms with Gasteiger partial charge in [0.1, 0.15) is 17.3 Å². The highest BCUT2D eigenvalue weighted by molar-refractivity contribution is 5.21. The van der Waals surface area contributed by atoms with Gasteiger partial charge in [0, 0.05) is 25.6 Å². The van der Waals surface area contributed by atoms with Gasteiger partial charge >= 0.3 is 0 Å². The van der Waals surface area contributed by atoms with Crippen LogP contribution in [0.5, 0.6) is 0 Å². The fourth-order valence-electron chi connectivity index (χ4n) is 1.60. The van der Waals surface area contributed by atoms with E-state index in [2.05, 4.69) is 5.32 Å². The lowest BCUT2D eigenvalue weighted by molar-refractivity contribution is 0.0910. The van der Waals surface area contributed by atoms with Gasteiger partial charge in [-0.25, -0.2) is 13.2 Å². The highest BCUT2D eigenvalue weighted by atomic mass is 19.1. The highest BCUT2D eigenvalue weighted by Gasteiger charge is 2.36. The van der Waals surface area contributed by atoms with E-state index in [9.17, 15) is 13.2 Å². The number of nitrogens with one attached hydrogen (secondary N) is 1. The van der Waals surface area contributed by atoms with E-state index >= 15 is 0 Å². The minimum Gasteiger partial charge on any atom is -0.310 e. The summed E-state index contributed by atoms with van der Waals surface area (Å²) >= 11 is 0. The average Bonchev–Trinajstić information content (AvgIpc) is 1.99. The van der Waals surface area contributed by atoms with Gasteiger partial charge in [-0.1, -0.05) is 0 Å². The molecule has 1 aromatic carbocycles. The zero-order chi connectivity index (χ0) is 10.2. The summed E-state index contributed by atoms with van der Waals surface area (Å²) in [5.74, 6) is -1.31. The van der Waals surface area contributed by atoms with Crippen LogP contribution in [0.1, 0.15) is 5.56 Å². The van der Waals surface area contributed by atoms with Gasteiger partial charge in [-0.05, 0) is 17.7 Å². The highest BCUT2D eigenvalue weighted by Crippen LogP contribution is 2.23. The number of halogens is 3. The van der Waals surface area contributed by atoms with Crippen molar-refractivity contribution in [1.82, 2.24) is 5.32 Å². The fourth-order valence-corrected chi connectivity index (χ4v) is 1.60. The number of rotatable bonds is 2. The first-order valence-electron chi connectivity index (χ1n) is 4.42. The van der Waals surface area contributed by atoms with Crippen molar-refractivity contribution < 1.29 is 13.2 Å². The van der Waals surface area contributed by atoms with Crippen LogP contribution in [0, 0.1) is 11.6 Å². The lowest BCUT2D eigenvalue weighted by atomic mass is 9.91. The van der Waals surface area contributed by atoms with Gasteiger partial charge in [0.2, 0.25) is 0 Å². The van der Waals surface area contributed by atoms with E-state index < -0.39 is 17.3 Å². The van der Waals surface area contributed by atoms with Gasteiger partial charge in [-0.2, -0.15) is 0 Å². The molecule has 0 radical (unpaired) electrons. The molecule has 0 aliphatic carbocycles. The molecule has 0 saturated carbocycles. The molecule has 1 heterocycles. The second-order valence-corrected chi connectivity index (χ2v) is 3.71. The Morgan fingerprint density at radius 1 is 1.14 bits per heavy atom. The number of alkyl halides is 1. The van der Waals surface area contributed by atoms with Crippen molar-refractivity contribution in [2.75, 3.05) is 13.1 Å². The Bertz CT molecular complexity index is 327. The van der Waals surface area contributed by atoms with Gasteiger partial charge < -0.3 is 5.32 Å². The molecule has 1 fully saturated rings. The molecule has 1 nitrogen and oxygen atoms in total. The van der Waals surface area contributed by atoms with Crippen LogP contribution in [0.3, 0.4) is 0 Å². The third-order valence-corrected chi connectivity index (χ3v) is 2.33. The van der Waals surface area contributed by atoms with Crippen molar-refractivity contribution in [3.8, 4) is 0 Å². The van der Waals surface area contributed by atoms with E-state index in [0.717, 1.165) is 6.07 Å². The van der Waals surface area contributed by atoms with Crippen LogP contribution in [0.4, 0.5) is 13.2 Å². The smallest absolute Gasteiger partial charge is 0.139 e. The second-order valence-electron chi connectivity index (χ2n) is 3.71. The van der Waals surface area contributed by atoms with Gasteiger partial charge in [-0.15, -0.1) is 0 Å². The molecule has 1 aliphatic rings. The van der Waals surface area contributed by atoms with Crippen molar-refractivity contribution in [3.05, 3.63) is 35.4 Å². The zero-order valence-corrected chi connectivity index (χ0v) is 7.49. The molecule has 0 unspecified atom stereocenters. The lowest BCUT2D eigenvalue weighted by Gasteiger charge is -2.35. The van der Waals surface area contributed by atoms with Crippen LogP contribution in [0.15, 0.2) is 18.2 Å². The summed E-state index contributed by atoms with van der Waals surface area (Å²) in [5, 5.41) is 2.79. The lowest BCUT2D eigenvalue weighted by Crippen LogP contribution is -2.57. The van der Waals surface area contributed by atoms with E-state index in [-0.39, 0.29) is 19.5 Å². The van der Waals surface area contributed by atoms with Crippen LogP contribution < -0.4 is 5.32 Å². The molecule has 0 spiro atoms. The average molecular weight is 201 g/mol. The van der Waals surface area contributed by atoms with E-state index in [1.165, 1.54) is 12.1 Å². The third kappa shape index (κ3) is 1.90. The summed E-state index contributed by atoms with van der Waals surface area (Å²) in [5.41, 5.74) is -0.966. The molecule has 1 saturated heterocycles. The zero-order valence-electron chi connectivity index (χ0n) is 7.49. The molecule has 14 heavy (non-hydrogen) atoms. The van der Waals surface area contributed by atoms with Crippen LogP contribution in [0.2, 0.25) is 0 Å². The Kier molecular flexibility index (Phi) is 2.23. The van der Waals surface area contributed by atoms with Crippen molar-refractivity contribution in [3.63, 3.8) is 0 Å². The molecular weight excluding hydrogens is 191 g/mol. The minimum absolute atomic E-state index is 0.0642. The summed E-state index contributed by atoms with van der Waals surface area (Å²) < 4.78 is 39.0. The van der Waals surface area contributed by atoms with Crippen LogP contribution in [-0.4, -0.2) is 18.8 Å². The normalized spacial score (nSPS) is 19.1. The van der Waals surface area contributed by atoms with Crippen molar-refractivity contribution in [2.45, 2.75) is 12.1 Å². The largest absolute Gasteiger partial charge is 0.310 e. The predicted octanol–water partition coefficient (Wildman–Crippen LogP) is 1.82. The molecule has 1 aromatic rings. The Balaban J connectivity index is 2.16. The number of hydrogen-bond donors (Lipinski definition) is 1. The molecule has 76 valence electrons. The SMILES string of the molecule is Fc1cc(F)cc(CC2(F)CNC2)c1. The first-order chi connectivity index (χ1) is 6.57. The summed E-state index contributed by atoms with van der Waals surface area (Å²) in [6.45, 7) is 0.510. The summed E-state index contributed by atoms with van der Waals surface area (Å²) in [4.78, 5) is 0. The van der Waals surface area contributed by atoms with E-state index in [0.29, 0.717) is 5.56 Å². The minimum atomic E-state index is -1.33. The first kappa shape index (κ1) is 9.52. The Hall–Kier alpha value is -1.03. The van der Waals surface area contributed by atoms with Crippen molar-refractivity contribution in [1.29, 1.82) is 0 Å². The van der Waals surface area contributed by atoms with Crippen LogP contribution >= 0.6 is 0 Å². The maximum atomic E-state index is 13.5. The fraction of sp³-hybridized carbons (Fsp3) is 0.400. The summed E-state index contributed by atoms with van der Waals surface area (Å²) in [6, 6.07) is 3.12. The third-order valence-electron chi connectivity index (χ3n) is 2.33. The predicted molar refractivity (Wildman–Crippen MR) is 46.8 cm³/mol. The van der Waals surface area contributed by atoms with E-state index in [1.807, 2.05) is 0 Å². The van der Waals surface area contributed by atoms with Gasteiger partial charge in [0.25, 0.3) is 0 Å². The van der Waals surface area contributed by atoms with Gasteiger partial charge in [0.05, 0.1) is 0 Å². The van der Waals surface area contributed by atoms with Gasteiger partial charge in [0.15, 0.2) is 0 Å². The molecular formula is C10H10F3N. The Labute approximate surface area is 79.9 Å². The van der Waals surface area contributed by atoms with Crippen molar-refractivity contribution >= 4 is 0 Å². The molecule has 0 bridgehead atoms. The van der Waals surface area contributed by atoms with Crippen LogP contribution in [0.25, 0.3) is 0 Å².